The van der Waals surface area contributed by atoms with Crippen LogP contribution in [-0.4, -0.2) is 35.8 Å². The second-order valence-electron chi connectivity index (χ2n) is 5.75. The van der Waals surface area contributed by atoms with E-state index in [0.717, 1.165) is 12.8 Å². The number of nitrogens with zero attached hydrogens (tertiary/aromatic N) is 1. The topological polar surface area (TPSA) is 75.4 Å². The first-order valence-corrected chi connectivity index (χ1v) is 7.56. The van der Waals surface area contributed by atoms with Gasteiger partial charge in [-0.2, -0.15) is 0 Å². The van der Waals surface area contributed by atoms with Crippen molar-refractivity contribution in [1.82, 2.24) is 10.2 Å². The lowest BCUT2D eigenvalue weighted by molar-refractivity contribution is -0.125. The average molecular weight is 308 g/mol. The summed E-state index contributed by atoms with van der Waals surface area (Å²) < 4.78 is 0. The Labute approximate surface area is 128 Å². The van der Waals surface area contributed by atoms with E-state index in [-0.39, 0.29) is 17.9 Å². The van der Waals surface area contributed by atoms with Crippen molar-refractivity contribution in [3.8, 4) is 0 Å². The standard InChI is InChI=1S/C15H18ClN3O2/c16-11-7-9(1-3-12(11)17)15(21)19-6-5-13-10(8-19)2-4-14(20)18-13/h1,3,7,10,13H,2,4-6,8,17H2,(H,18,20). The minimum Gasteiger partial charge on any atom is -0.398 e. The van der Waals surface area contributed by atoms with Crippen molar-refractivity contribution >= 4 is 29.1 Å². The number of nitrogens with two attached hydrogens (primary N) is 1. The minimum absolute atomic E-state index is 0.0211. The summed E-state index contributed by atoms with van der Waals surface area (Å²) >= 11 is 5.98. The predicted octanol–water partition coefficient (Wildman–Crippen LogP) is 1.66. The Bertz CT molecular complexity index is 590. The molecule has 0 aromatic heterocycles. The third-order valence-electron chi connectivity index (χ3n) is 4.36. The Morgan fingerprint density at radius 3 is 2.95 bits per heavy atom. The molecule has 2 fully saturated rings. The van der Waals surface area contributed by atoms with E-state index in [0.29, 0.717) is 41.7 Å². The molecule has 6 heteroatoms. The summed E-state index contributed by atoms with van der Waals surface area (Å²) in [6.45, 7) is 1.34. The zero-order chi connectivity index (χ0) is 15.0. The molecule has 2 aliphatic heterocycles. The first kappa shape index (κ1) is 14.2. The third kappa shape index (κ3) is 2.83. The van der Waals surface area contributed by atoms with Gasteiger partial charge in [-0.1, -0.05) is 11.6 Å². The third-order valence-corrected chi connectivity index (χ3v) is 4.68. The number of rotatable bonds is 1. The monoisotopic (exact) mass is 307 g/mol. The second kappa shape index (κ2) is 5.56. The zero-order valence-electron chi connectivity index (χ0n) is 11.6. The molecule has 3 N–H and O–H groups in total. The van der Waals surface area contributed by atoms with Gasteiger partial charge in [-0.15, -0.1) is 0 Å². The van der Waals surface area contributed by atoms with Gasteiger partial charge in [0, 0.05) is 31.1 Å². The van der Waals surface area contributed by atoms with Gasteiger partial charge in [0.2, 0.25) is 5.91 Å². The summed E-state index contributed by atoms with van der Waals surface area (Å²) in [5.74, 6) is 0.457. The minimum atomic E-state index is -0.0211. The molecular formula is C15H18ClN3O2. The Balaban J connectivity index is 1.71. The Kier molecular flexibility index (Phi) is 3.76. The molecule has 0 aliphatic carbocycles. The summed E-state index contributed by atoms with van der Waals surface area (Å²) in [6.07, 6.45) is 2.21. The van der Waals surface area contributed by atoms with Gasteiger partial charge < -0.3 is 16.0 Å². The molecule has 0 bridgehead atoms. The number of carbonyl (C=O) groups is 2. The maximum absolute atomic E-state index is 12.5. The highest BCUT2D eigenvalue weighted by Crippen LogP contribution is 2.27. The van der Waals surface area contributed by atoms with E-state index in [1.54, 1.807) is 18.2 Å². The smallest absolute Gasteiger partial charge is 0.253 e. The van der Waals surface area contributed by atoms with Crippen molar-refractivity contribution < 1.29 is 9.59 Å². The number of nitrogens with one attached hydrogen (secondary N) is 1. The first-order chi connectivity index (χ1) is 10.0. The lowest BCUT2D eigenvalue weighted by atomic mass is 9.85. The maximum Gasteiger partial charge on any atom is 0.253 e. The normalized spacial score (nSPS) is 25.2. The molecule has 1 aromatic carbocycles. The van der Waals surface area contributed by atoms with Crippen molar-refractivity contribution in [2.24, 2.45) is 5.92 Å². The molecule has 112 valence electrons. The molecule has 2 unspecified atom stereocenters. The Hall–Kier alpha value is -1.75. The van der Waals surface area contributed by atoms with E-state index in [4.69, 9.17) is 17.3 Å². The van der Waals surface area contributed by atoms with Crippen LogP contribution in [0.4, 0.5) is 5.69 Å². The number of benzene rings is 1. The molecule has 2 aliphatic rings. The summed E-state index contributed by atoms with van der Waals surface area (Å²) in [5.41, 5.74) is 6.71. The number of anilines is 1. The van der Waals surface area contributed by atoms with Crippen LogP contribution in [0.3, 0.4) is 0 Å². The Morgan fingerprint density at radius 2 is 2.19 bits per heavy atom. The number of piperidine rings is 2. The molecule has 1 aromatic rings. The number of halogens is 1. The van der Waals surface area contributed by atoms with Crippen molar-refractivity contribution in [3.63, 3.8) is 0 Å². The van der Waals surface area contributed by atoms with Crippen LogP contribution in [-0.2, 0) is 4.79 Å². The molecule has 0 saturated carbocycles. The lowest BCUT2D eigenvalue weighted by Gasteiger charge is -2.41. The van der Waals surface area contributed by atoms with Gasteiger partial charge in [-0.25, -0.2) is 0 Å². The van der Waals surface area contributed by atoms with E-state index >= 15 is 0 Å². The van der Waals surface area contributed by atoms with Gasteiger partial charge >= 0.3 is 0 Å². The van der Waals surface area contributed by atoms with Crippen molar-refractivity contribution in [2.45, 2.75) is 25.3 Å². The summed E-state index contributed by atoms with van der Waals surface area (Å²) in [5, 5.41) is 3.42. The second-order valence-corrected chi connectivity index (χ2v) is 6.16. The van der Waals surface area contributed by atoms with Crippen LogP contribution in [0, 0.1) is 5.92 Å². The number of likely N-dealkylation sites (tertiary alicyclic amines) is 1. The van der Waals surface area contributed by atoms with Crippen LogP contribution in [0.25, 0.3) is 0 Å². The van der Waals surface area contributed by atoms with Crippen LogP contribution >= 0.6 is 11.6 Å². The highest BCUT2D eigenvalue weighted by Gasteiger charge is 2.35. The number of amides is 2. The first-order valence-electron chi connectivity index (χ1n) is 7.18. The van der Waals surface area contributed by atoms with Crippen LogP contribution in [0.1, 0.15) is 29.6 Å². The fourth-order valence-corrected chi connectivity index (χ4v) is 3.32. The molecule has 2 amide bonds. The largest absolute Gasteiger partial charge is 0.398 e. The summed E-state index contributed by atoms with van der Waals surface area (Å²) in [7, 11) is 0. The summed E-state index contributed by atoms with van der Waals surface area (Å²) in [4.78, 5) is 25.8. The molecule has 5 nitrogen and oxygen atoms in total. The average Bonchev–Trinajstić information content (AvgIpc) is 2.49. The van der Waals surface area contributed by atoms with Gasteiger partial charge in [0.1, 0.15) is 0 Å². The highest BCUT2D eigenvalue weighted by molar-refractivity contribution is 6.33. The molecule has 2 saturated heterocycles. The maximum atomic E-state index is 12.5. The molecule has 0 spiro atoms. The molecular weight excluding hydrogens is 290 g/mol. The van der Waals surface area contributed by atoms with E-state index < -0.39 is 0 Å². The Morgan fingerprint density at radius 1 is 1.38 bits per heavy atom. The highest BCUT2D eigenvalue weighted by atomic mass is 35.5. The van der Waals surface area contributed by atoms with E-state index in [1.165, 1.54) is 0 Å². The summed E-state index contributed by atoms with van der Waals surface area (Å²) in [6, 6.07) is 5.19. The number of hydrogen-bond donors (Lipinski definition) is 2. The van der Waals surface area contributed by atoms with E-state index in [1.807, 2.05) is 4.90 Å². The van der Waals surface area contributed by atoms with Gasteiger partial charge in [-0.3, -0.25) is 9.59 Å². The van der Waals surface area contributed by atoms with Crippen LogP contribution in [0.15, 0.2) is 18.2 Å². The molecule has 2 heterocycles. The quantitative estimate of drug-likeness (QED) is 0.775. The van der Waals surface area contributed by atoms with Gasteiger partial charge in [0.15, 0.2) is 0 Å². The number of hydrogen-bond acceptors (Lipinski definition) is 3. The van der Waals surface area contributed by atoms with Crippen LogP contribution < -0.4 is 11.1 Å². The lowest BCUT2D eigenvalue weighted by Crippen LogP contribution is -2.55. The van der Waals surface area contributed by atoms with Crippen molar-refractivity contribution in [3.05, 3.63) is 28.8 Å². The van der Waals surface area contributed by atoms with Crippen LogP contribution in [0.5, 0.6) is 0 Å². The fraction of sp³-hybridized carbons (Fsp3) is 0.467. The fourth-order valence-electron chi connectivity index (χ4n) is 3.14. The van der Waals surface area contributed by atoms with Crippen molar-refractivity contribution in [2.75, 3.05) is 18.8 Å². The molecule has 2 atom stereocenters. The predicted molar refractivity (Wildman–Crippen MR) is 81.0 cm³/mol. The van der Waals surface area contributed by atoms with E-state index in [9.17, 15) is 9.59 Å². The van der Waals surface area contributed by atoms with Gasteiger partial charge in [-0.05, 0) is 37.0 Å². The van der Waals surface area contributed by atoms with Gasteiger partial charge in [0.25, 0.3) is 5.91 Å². The number of nitrogen functional groups attached to an aromatic ring is 1. The van der Waals surface area contributed by atoms with Gasteiger partial charge in [0.05, 0.1) is 10.7 Å². The van der Waals surface area contributed by atoms with Crippen LogP contribution in [0.2, 0.25) is 5.02 Å². The molecule has 0 radical (unpaired) electrons. The molecule has 21 heavy (non-hydrogen) atoms. The van der Waals surface area contributed by atoms with E-state index in [2.05, 4.69) is 5.32 Å². The van der Waals surface area contributed by atoms with Crippen molar-refractivity contribution in [1.29, 1.82) is 0 Å². The molecule has 3 rings (SSSR count). The number of carbonyl (C=O) groups excluding carboxylic acids is 2. The SMILES string of the molecule is Nc1ccc(C(=O)N2CCC3NC(=O)CCC3C2)cc1Cl. The number of fused-ring (bicyclic) bond motifs is 1. The zero-order valence-corrected chi connectivity index (χ0v) is 12.4.